The summed E-state index contributed by atoms with van der Waals surface area (Å²) in [6.45, 7) is 1.82. The zero-order valence-electron chi connectivity index (χ0n) is 19.8. The number of fused-ring (bicyclic) bond motifs is 1. The lowest BCUT2D eigenvalue weighted by Gasteiger charge is -2.36. The number of urea groups is 1. The second-order valence-electron chi connectivity index (χ2n) is 9.14. The summed E-state index contributed by atoms with van der Waals surface area (Å²) in [6.07, 6.45) is 3.91. The molecule has 10 heteroatoms. The second kappa shape index (κ2) is 9.52. The van der Waals surface area contributed by atoms with E-state index in [0.29, 0.717) is 37.4 Å². The number of rotatable bonds is 6. The van der Waals surface area contributed by atoms with Crippen molar-refractivity contribution in [3.05, 3.63) is 23.3 Å². The van der Waals surface area contributed by atoms with Crippen LogP contribution in [-0.4, -0.2) is 73.1 Å². The summed E-state index contributed by atoms with van der Waals surface area (Å²) in [5.41, 5.74) is 1.08. The summed E-state index contributed by atoms with van der Waals surface area (Å²) >= 11 is 0. The number of methoxy groups -OCH3 is 2. The highest BCUT2D eigenvalue weighted by Gasteiger charge is 2.55. The summed E-state index contributed by atoms with van der Waals surface area (Å²) < 4.78 is 15.8. The maximum absolute atomic E-state index is 13.0. The lowest BCUT2D eigenvalue weighted by molar-refractivity contribution is -0.154. The molecule has 1 saturated heterocycles. The van der Waals surface area contributed by atoms with E-state index in [4.69, 9.17) is 14.2 Å². The summed E-state index contributed by atoms with van der Waals surface area (Å²) in [5.74, 6) is -0.296. The Bertz CT molecular complexity index is 1010. The first-order chi connectivity index (χ1) is 16.3. The minimum absolute atomic E-state index is 0.000805. The van der Waals surface area contributed by atoms with Gasteiger partial charge in [-0.15, -0.1) is 0 Å². The molecule has 1 aliphatic carbocycles. The van der Waals surface area contributed by atoms with Gasteiger partial charge in [0.1, 0.15) is 12.1 Å². The number of carbonyl (C=O) groups excluding carboxylic acids is 4. The van der Waals surface area contributed by atoms with Gasteiger partial charge in [0.05, 0.1) is 14.2 Å². The van der Waals surface area contributed by atoms with Crippen molar-refractivity contribution in [1.29, 1.82) is 0 Å². The van der Waals surface area contributed by atoms with E-state index in [1.807, 2.05) is 19.1 Å². The van der Waals surface area contributed by atoms with Gasteiger partial charge in [0.15, 0.2) is 18.1 Å². The molecule has 4 amide bonds. The molecule has 2 atom stereocenters. The number of hydrogen-bond acceptors (Lipinski definition) is 7. The zero-order valence-corrected chi connectivity index (χ0v) is 19.8. The Morgan fingerprint density at radius 3 is 2.50 bits per heavy atom. The Kier molecular flexibility index (Phi) is 6.67. The highest BCUT2D eigenvalue weighted by Crippen LogP contribution is 2.38. The highest BCUT2D eigenvalue weighted by molar-refractivity contribution is 6.09. The van der Waals surface area contributed by atoms with E-state index in [1.165, 1.54) is 0 Å². The van der Waals surface area contributed by atoms with E-state index in [1.54, 1.807) is 19.1 Å². The summed E-state index contributed by atoms with van der Waals surface area (Å²) in [6, 6.07) is 3.17. The topological polar surface area (TPSA) is 114 Å². The summed E-state index contributed by atoms with van der Waals surface area (Å²) in [5, 5.41) is 2.80. The fraction of sp³-hybridized carbons (Fsp3) is 0.583. The number of hydrogen-bond donors (Lipinski definition) is 1. The van der Waals surface area contributed by atoms with Crippen LogP contribution in [0, 0.1) is 5.92 Å². The van der Waals surface area contributed by atoms with Crippen LogP contribution < -0.4 is 14.8 Å². The van der Waals surface area contributed by atoms with Crippen molar-refractivity contribution in [3.63, 3.8) is 0 Å². The van der Waals surface area contributed by atoms with E-state index in [0.717, 1.165) is 35.3 Å². The van der Waals surface area contributed by atoms with Crippen LogP contribution >= 0.6 is 0 Å². The predicted octanol–water partition coefficient (Wildman–Crippen LogP) is 1.63. The number of carbonyl (C=O) groups is 4. The van der Waals surface area contributed by atoms with Crippen LogP contribution in [-0.2, 0) is 32.1 Å². The molecule has 2 fully saturated rings. The van der Waals surface area contributed by atoms with Gasteiger partial charge in [0, 0.05) is 13.1 Å². The van der Waals surface area contributed by atoms with Gasteiger partial charge in [-0.25, -0.2) is 4.79 Å². The maximum atomic E-state index is 13.0. The van der Waals surface area contributed by atoms with Crippen LogP contribution in [0.5, 0.6) is 11.5 Å². The van der Waals surface area contributed by atoms with E-state index in [2.05, 4.69) is 5.32 Å². The van der Waals surface area contributed by atoms with Gasteiger partial charge in [-0.05, 0) is 48.4 Å². The Labute approximate surface area is 198 Å². The van der Waals surface area contributed by atoms with Gasteiger partial charge < -0.3 is 24.4 Å². The van der Waals surface area contributed by atoms with E-state index < -0.39 is 30.7 Å². The molecule has 0 bridgehead atoms. The number of nitrogens with zero attached hydrogens (tertiary/aromatic N) is 2. The Balaban J connectivity index is 1.32. The van der Waals surface area contributed by atoms with E-state index >= 15 is 0 Å². The number of nitrogens with one attached hydrogen (secondary N) is 1. The van der Waals surface area contributed by atoms with Crippen molar-refractivity contribution < 1.29 is 33.4 Å². The van der Waals surface area contributed by atoms with Crippen molar-refractivity contribution in [2.75, 3.05) is 33.9 Å². The third-order valence-electron chi connectivity index (χ3n) is 7.22. The van der Waals surface area contributed by atoms with Crippen LogP contribution in [0.3, 0.4) is 0 Å². The minimum atomic E-state index is -0.934. The molecule has 1 N–H and O–H groups in total. The first-order valence-electron chi connectivity index (χ1n) is 11.6. The van der Waals surface area contributed by atoms with Gasteiger partial charge in [0.2, 0.25) is 0 Å². The quantitative estimate of drug-likeness (QED) is 0.493. The number of amides is 4. The number of benzene rings is 1. The Morgan fingerprint density at radius 2 is 1.82 bits per heavy atom. The minimum Gasteiger partial charge on any atom is -0.493 e. The van der Waals surface area contributed by atoms with Gasteiger partial charge in [0.25, 0.3) is 11.8 Å². The standard InChI is InChI=1S/C24H31N3O7/c1-15-6-4-5-8-24(15)22(30)27(23(31)25-24)13-21(29)34-14-20(28)26-9-7-16-10-18(32-2)19(33-3)11-17(16)12-26/h10-11,15H,4-9,12-14H2,1-3H3,(H,25,31)/t15-,24-/m1/s1. The molecule has 34 heavy (non-hydrogen) atoms. The Morgan fingerprint density at radius 1 is 1.12 bits per heavy atom. The summed E-state index contributed by atoms with van der Waals surface area (Å²) in [7, 11) is 3.13. The molecule has 10 nitrogen and oxygen atoms in total. The predicted molar refractivity (Wildman–Crippen MR) is 120 cm³/mol. The second-order valence-corrected chi connectivity index (χ2v) is 9.14. The highest BCUT2D eigenvalue weighted by atomic mass is 16.5. The first kappa shape index (κ1) is 23.8. The molecular formula is C24H31N3O7. The van der Waals surface area contributed by atoms with Crippen molar-refractivity contribution >= 4 is 23.8 Å². The zero-order chi connectivity index (χ0) is 24.5. The van der Waals surface area contributed by atoms with Crippen molar-refractivity contribution in [3.8, 4) is 11.5 Å². The molecule has 3 aliphatic rings. The molecule has 1 aromatic rings. The largest absolute Gasteiger partial charge is 0.493 e. The molecule has 1 spiro atoms. The molecule has 1 aromatic carbocycles. The number of imide groups is 1. The third-order valence-corrected chi connectivity index (χ3v) is 7.22. The van der Waals surface area contributed by atoms with Gasteiger partial charge in [-0.2, -0.15) is 0 Å². The van der Waals surface area contributed by atoms with E-state index in [-0.39, 0.29) is 17.7 Å². The number of esters is 1. The smallest absolute Gasteiger partial charge is 0.326 e. The average Bonchev–Trinajstić information content (AvgIpc) is 3.07. The van der Waals surface area contributed by atoms with Crippen LogP contribution in [0.15, 0.2) is 12.1 Å². The monoisotopic (exact) mass is 473 g/mol. The molecule has 0 aromatic heterocycles. The molecule has 2 aliphatic heterocycles. The molecule has 0 radical (unpaired) electrons. The van der Waals surface area contributed by atoms with Gasteiger partial charge >= 0.3 is 12.0 Å². The van der Waals surface area contributed by atoms with Crippen LogP contribution in [0.25, 0.3) is 0 Å². The fourth-order valence-electron chi connectivity index (χ4n) is 5.14. The average molecular weight is 474 g/mol. The van der Waals surface area contributed by atoms with Crippen molar-refractivity contribution in [2.45, 2.75) is 51.1 Å². The molecule has 0 unspecified atom stereocenters. The van der Waals surface area contributed by atoms with Crippen LogP contribution in [0.4, 0.5) is 4.79 Å². The fourth-order valence-corrected chi connectivity index (χ4v) is 5.14. The Hall–Kier alpha value is -3.30. The lowest BCUT2D eigenvalue weighted by Crippen LogP contribution is -2.54. The molecular weight excluding hydrogens is 442 g/mol. The van der Waals surface area contributed by atoms with Gasteiger partial charge in [-0.1, -0.05) is 19.8 Å². The molecule has 2 heterocycles. The van der Waals surface area contributed by atoms with E-state index in [9.17, 15) is 19.2 Å². The maximum Gasteiger partial charge on any atom is 0.326 e. The molecule has 1 saturated carbocycles. The third kappa shape index (κ3) is 4.28. The number of ether oxygens (including phenoxy) is 3. The van der Waals surface area contributed by atoms with Crippen LogP contribution in [0.2, 0.25) is 0 Å². The lowest BCUT2D eigenvalue weighted by atomic mass is 9.73. The summed E-state index contributed by atoms with van der Waals surface area (Å²) in [4.78, 5) is 53.0. The SMILES string of the molecule is COc1cc2c(cc1OC)CN(C(=O)COC(=O)CN1C(=O)N[C@@]3(CCCC[C@H]3C)C1=O)CC2. The van der Waals surface area contributed by atoms with Crippen molar-refractivity contribution in [2.24, 2.45) is 5.92 Å². The van der Waals surface area contributed by atoms with Crippen molar-refractivity contribution in [1.82, 2.24) is 15.1 Å². The normalized spacial score (nSPS) is 24.0. The molecule has 184 valence electrons. The van der Waals surface area contributed by atoms with Crippen LogP contribution in [0.1, 0.15) is 43.7 Å². The molecule has 4 rings (SSSR count). The van der Waals surface area contributed by atoms with Gasteiger partial charge in [-0.3, -0.25) is 19.3 Å². The first-order valence-corrected chi connectivity index (χ1v) is 11.6.